The third-order valence-corrected chi connectivity index (χ3v) is 4.09. The number of carbonyl (C=O) groups excluding carboxylic acids is 2. The summed E-state index contributed by atoms with van der Waals surface area (Å²) in [4.78, 5) is 62.5. The van der Waals surface area contributed by atoms with E-state index in [1.54, 1.807) is 0 Å². The molecule has 0 saturated heterocycles. The number of hydrogen-bond acceptors (Lipinski definition) is 18. The van der Waals surface area contributed by atoms with Gasteiger partial charge in [-0.25, -0.2) is 9.59 Å². The molecule has 18 nitrogen and oxygen atoms in total. The van der Waals surface area contributed by atoms with Crippen LogP contribution in [-0.2, 0) is 37.2 Å². The molecule has 0 unspecified atom stereocenters. The van der Waals surface area contributed by atoms with E-state index in [2.05, 4.69) is 18.5 Å². The molecule has 0 aliphatic carbocycles. The van der Waals surface area contributed by atoms with E-state index in [1.807, 2.05) is 0 Å². The molecule has 0 aromatic carbocycles. The van der Waals surface area contributed by atoms with Gasteiger partial charge in [0.05, 0.1) is 13.2 Å². The first kappa shape index (κ1) is 41.0. The first-order valence-corrected chi connectivity index (χ1v) is 10.7. The minimum absolute atomic E-state index is 0. The predicted octanol–water partition coefficient (Wildman–Crippen LogP) is -9.78. The summed E-state index contributed by atoms with van der Waals surface area (Å²) in [6.07, 6.45) is -6.96. The molecule has 23 heteroatoms. The van der Waals surface area contributed by atoms with Crippen molar-refractivity contribution >= 4 is 141 Å². The van der Waals surface area contributed by atoms with Gasteiger partial charge in [-0.2, -0.15) is 0 Å². The van der Waals surface area contributed by atoms with Crippen molar-refractivity contribution in [3.05, 3.63) is 23.0 Å². The van der Waals surface area contributed by atoms with Gasteiger partial charge in [-0.1, -0.05) is 0 Å². The maximum absolute atomic E-state index is 11.2. The molecular weight excluding hydrogens is 614 g/mol. The number of ether oxygens (including phenoxy) is 2. The van der Waals surface area contributed by atoms with Crippen LogP contribution in [-0.4, -0.2) is 183 Å². The van der Waals surface area contributed by atoms with Crippen molar-refractivity contribution < 1.29 is 87.5 Å². The van der Waals surface area contributed by atoms with E-state index in [0.717, 1.165) is 0 Å². The van der Waals surface area contributed by atoms with Crippen LogP contribution in [0.5, 0.6) is 0 Å². The Bertz CT molecular complexity index is 823. The first-order valence-electron chi connectivity index (χ1n) is 7.77. The minimum Gasteiger partial charge on any atom is -0.870 e. The van der Waals surface area contributed by atoms with Gasteiger partial charge in [0.15, 0.2) is 0 Å². The Kier molecular flexibility index (Phi) is 20.3. The van der Waals surface area contributed by atoms with Crippen LogP contribution in [0, 0.1) is 0 Å². The number of esters is 2. The van der Waals surface area contributed by atoms with Gasteiger partial charge < -0.3 is 77.9 Å². The molecule has 0 spiro atoms. The van der Waals surface area contributed by atoms with Crippen LogP contribution in [0.25, 0.3) is 0 Å². The Balaban J connectivity index is -0.000000539. The Morgan fingerprint density at radius 1 is 0.743 bits per heavy atom. The number of phosphoric acid groups is 2. The summed E-state index contributed by atoms with van der Waals surface area (Å²) in [5, 5.41) is 57.5. The van der Waals surface area contributed by atoms with Gasteiger partial charge in [0.2, 0.25) is 11.5 Å². The zero-order chi connectivity index (χ0) is 25.0. The van der Waals surface area contributed by atoms with Gasteiger partial charge in [0.1, 0.15) is 40.1 Å². The number of cyclic esters (lactones) is 2. The average molecular weight is 626 g/mol. The topological polar surface area (TPSA) is 324 Å². The summed E-state index contributed by atoms with van der Waals surface area (Å²) in [5.74, 6) is -8.20. The van der Waals surface area contributed by atoms with Crippen LogP contribution >= 0.6 is 15.6 Å². The summed E-state index contributed by atoms with van der Waals surface area (Å²) < 4.78 is 36.0. The number of aliphatic hydroxyl groups is 4. The Hall–Kier alpha value is 1.54. The quantitative estimate of drug-likeness (QED) is 0.110. The minimum atomic E-state index is -5.56. The fourth-order valence-corrected chi connectivity index (χ4v) is 2.77. The Morgan fingerprint density at radius 2 is 1.00 bits per heavy atom. The second-order valence-electron chi connectivity index (χ2n) is 5.62. The SMILES string of the molecule is O=C1O[C@H]([C@@H](O)CO)C([O-])=C1OP(=O)([O-])[O-].O=C1O[C@H]([C@@H](O)CO)C([O-])=C1OP(=O)([O-])[O-].[Ca+2].[Ca+2].[Ca+2]. The van der Waals surface area contributed by atoms with Crippen molar-refractivity contribution in [2.24, 2.45) is 0 Å². The molecule has 0 saturated carbocycles. The molecule has 0 fully saturated rings. The number of hydrogen-bond donors (Lipinski definition) is 4. The molecule has 0 radical (unpaired) electrons. The zero-order valence-corrected chi connectivity index (χ0v) is 25.7. The van der Waals surface area contributed by atoms with Gasteiger partial charge in [0.25, 0.3) is 0 Å². The van der Waals surface area contributed by atoms with Crippen LogP contribution in [0.2, 0.25) is 0 Å². The molecule has 2 heterocycles. The third kappa shape index (κ3) is 13.0. The fourth-order valence-electron chi connectivity index (χ4n) is 1.99. The summed E-state index contributed by atoms with van der Waals surface area (Å²) in [6.45, 7) is -1.77. The third-order valence-electron chi connectivity index (χ3n) is 3.28. The number of rotatable bonds is 8. The second-order valence-corrected chi connectivity index (χ2v) is 7.77. The number of aliphatic hydroxyl groups excluding tert-OH is 4. The van der Waals surface area contributed by atoms with Crippen molar-refractivity contribution in [3.8, 4) is 0 Å². The molecule has 2 aliphatic rings. The van der Waals surface area contributed by atoms with E-state index in [1.165, 1.54) is 0 Å². The molecular formula is C12H12Ca3O18P2. The van der Waals surface area contributed by atoms with E-state index in [4.69, 9.17) is 20.4 Å². The van der Waals surface area contributed by atoms with E-state index in [0.29, 0.717) is 0 Å². The van der Waals surface area contributed by atoms with Crippen LogP contribution in [0.1, 0.15) is 0 Å². The van der Waals surface area contributed by atoms with E-state index < -0.39 is 88.3 Å². The van der Waals surface area contributed by atoms with Crippen molar-refractivity contribution in [3.63, 3.8) is 0 Å². The molecule has 0 amide bonds. The van der Waals surface area contributed by atoms with Crippen molar-refractivity contribution in [2.75, 3.05) is 13.2 Å². The summed E-state index contributed by atoms with van der Waals surface area (Å²) >= 11 is 0. The Morgan fingerprint density at radius 3 is 1.20 bits per heavy atom. The van der Waals surface area contributed by atoms with Crippen LogP contribution in [0.4, 0.5) is 0 Å². The van der Waals surface area contributed by atoms with Gasteiger partial charge in [-0.3, -0.25) is 0 Å². The van der Waals surface area contributed by atoms with Crippen LogP contribution in [0.3, 0.4) is 0 Å². The molecule has 4 N–H and O–H groups in total. The van der Waals surface area contributed by atoms with E-state index in [9.17, 15) is 48.5 Å². The molecule has 184 valence electrons. The van der Waals surface area contributed by atoms with Gasteiger partial charge in [-0.15, -0.1) is 0 Å². The molecule has 2 aliphatic heterocycles. The maximum Gasteiger partial charge on any atom is 2.00 e. The molecule has 0 bridgehead atoms. The van der Waals surface area contributed by atoms with Crippen molar-refractivity contribution in [2.45, 2.75) is 24.4 Å². The molecule has 4 atom stereocenters. The van der Waals surface area contributed by atoms with Crippen LogP contribution in [0.15, 0.2) is 23.0 Å². The number of phosphoric ester groups is 2. The summed E-state index contributed by atoms with van der Waals surface area (Å²) in [6, 6.07) is 0. The first-order chi connectivity index (χ1) is 14.5. The predicted molar refractivity (Wildman–Crippen MR) is 94.6 cm³/mol. The van der Waals surface area contributed by atoms with Gasteiger partial charge in [0, 0.05) is 0 Å². The van der Waals surface area contributed by atoms with Gasteiger partial charge >= 0.3 is 125 Å². The average Bonchev–Trinajstić information content (AvgIpc) is 3.10. The zero-order valence-electron chi connectivity index (χ0n) is 17.2. The number of carbonyl (C=O) groups is 2. The molecule has 2 rings (SSSR count). The second kappa shape index (κ2) is 17.3. The van der Waals surface area contributed by atoms with Crippen molar-refractivity contribution in [1.82, 2.24) is 0 Å². The van der Waals surface area contributed by atoms with Crippen LogP contribution < -0.4 is 29.8 Å². The molecule has 0 aromatic rings. The smallest absolute Gasteiger partial charge is 0.870 e. The standard InChI is InChI=1S/2C6H9O9P.3Ca/c2*7-1-2(8)4-3(9)5(6(10)14-4)15-16(11,12)13;;;/h2*2,4,7-9H,1H2,(H2,11,12,13);;;/q;;3*+2/p-6/t2*2-,4+;;;/m00.../s1. The van der Waals surface area contributed by atoms with E-state index >= 15 is 0 Å². The summed E-state index contributed by atoms with van der Waals surface area (Å²) in [5.41, 5.74) is 0. The monoisotopic (exact) mass is 626 g/mol. The molecule has 0 aromatic heterocycles. The van der Waals surface area contributed by atoms with E-state index in [-0.39, 0.29) is 113 Å². The largest absolute Gasteiger partial charge is 2.00 e. The normalized spacial score (nSPS) is 21.3. The molecule has 35 heavy (non-hydrogen) atoms. The van der Waals surface area contributed by atoms with Crippen molar-refractivity contribution in [1.29, 1.82) is 0 Å². The van der Waals surface area contributed by atoms with Gasteiger partial charge in [-0.05, 0) is 11.5 Å². The summed E-state index contributed by atoms with van der Waals surface area (Å²) in [7, 11) is -11.1. The fraction of sp³-hybridized carbons (Fsp3) is 0.500. The Labute approximate surface area is 285 Å². The maximum atomic E-state index is 11.2.